The molecule has 0 radical (unpaired) electrons. The fourth-order valence-electron chi connectivity index (χ4n) is 4.27. The molecule has 1 fully saturated rings. The fourth-order valence-corrected chi connectivity index (χ4v) is 6.82. The Bertz CT molecular complexity index is 1280. The van der Waals surface area contributed by atoms with Crippen molar-refractivity contribution in [1.29, 1.82) is 0 Å². The molecular weight excluding hydrogens is 466 g/mol. The first-order chi connectivity index (χ1) is 15.4. The molecule has 0 aliphatic carbocycles. The minimum absolute atomic E-state index is 0.181. The minimum Gasteiger partial charge on any atom is -0.306 e. The molecule has 1 amide bonds. The molecule has 0 unspecified atom stereocenters. The van der Waals surface area contributed by atoms with Gasteiger partial charge in [0.2, 0.25) is 10.0 Å². The number of aromatic nitrogens is 1. The van der Waals surface area contributed by atoms with Gasteiger partial charge in [0.1, 0.15) is 10.7 Å². The summed E-state index contributed by atoms with van der Waals surface area (Å²) in [5.74, 6) is -0.181. The molecule has 0 bridgehead atoms. The number of nitrogens with zero attached hydrogens (tertiary/aromatic N) is 3. The fraction of sp³-hybridized carbons (Fsp3) is 0.304. The van der Waals surface area contributed by atoms with Gasteiger partial charge in [0.15, 0.2) is 0 Å². The SMILES string of the molecule is O=C(c1csc(-c2cccc(Cl)c2)n1)N1CCc2cc(S(=O)(=O)N3CCCCC3)ccc21. The maximum Gasteiger partial charge on any atom is 0.277 e. The van der Waals surface area contributed by atoms with E-state index in [0.717, 1.165) is 41.1 Å². The number of carbonyl (C=O) groups excluding carboxylic acids is 1. The monoisotopic (exact) mass is 487 g/mol. The van der Waals surface area contributed by atoms with Crippen LogP contribution in [0.25, 0.3) is 10.6 Å². The number of hydrogen-bond acceptors (Lipinski definition) is 5. The lowest BCUT2D eigenvalue weighted by Gasteiger charge is -2.26. The van der Waals surface area contributed by atoms with Crippen LogP contribution in [0.3, 0.4) is 0 Å². The molecule has 0 spiro atoms. The number of halogens is 1. The van der Waals surface area contributed by atoms with Crippen molar-refractivity contribution >= 4 is 44.6 Å². The number of benzene rings is 2. The summed E-state index contributed by atoms with van der Waals surface area (Å²) in [6.07, 6.45) is 3.49. The van der Waals surface area contributed by atoms with E-state index in [-0.39, 0.29) is 5.91 Å². The van der Waals surface area contributed by atoms with Gasteiger partial charge in [0.05, 0.1) is 4.90 Å². The zero-order chi connectivity index (χ0) is 22.3. The van der Waals surface area contributed by atoms with Gasteiger partial charge in [-0.25, -0.2) is 13.4 Å². The molecule has 2 aliphatic rings. The summed E-state index contributed by atoms with van der Waals surface area (Å²) < 4.78 is 27.6. The molecule has 5 rings (SSSR count). The normalized spacial score (nSPS) is 16.8. The second-order valence-electron chi connectivity index (χ2n) is 8.01. The van der Waals surface area contributed by atoms with E-state index in [9.17, 15) is 13.2 Å². The average molecular weight is 488 g/mol. The maximum atomic E-state index is 13.2. The Morgan fingerprint density at radius 3 is 2.62 bits per heavy atom. The number of fused-ring (bicyclic) bond motifs is 1. The Kier molecular flexibility index (Phi) is 5.79. The van der Waals surface area contributed by atoms with Crippen LogP contribution in [-0.4, -0.2) is 43.2 Å². The molecule has 1 aromatic heterocycles. The minimum atomic E-state index is -3.50. The van der Waals surface area contributed by atoms with E-state index in [1.54, 1.807) is 38.9 Å². The molecule has 2 aliphatic heterocycles. The first kappa shape index (κ1) is 21.6. The van der Waals surface area contributed by atoms with E-state index in [4.69, 9.17) is 11.6 Å². The number of amides is 1. The van der Waals surface area contributed by atoms with Gasteiger partial charge in [-0.3, -0.25) is 4.79 Å². The molecule has 166 valence electrons. The Morgan fingerprint density at radius 1 is 1.03 bits per heavy atom. The molecule has 1 saturated heterocycles. The van der Waals surface area contributed by atoms with Crippen molar-refractivity contribution < 1.29 is 13.2 Å². The number of piperidine rings is 1. The van der Waals surface area contributed by atoms with Gasteiger partial charge in [0, 0.05) is 41.3 Å². The average Bonchev–Trinajstić information content (AvgIpc) is 3.46. The second kappa shape index (κ2) is 8.59. The van der Waals surface area contributed by atoms with Crippen molar-refractivity contribution in [2.75, 3.05) is 24.5 Å². The molecular formula is C23H22ClN3O3S2. The summed E-state index contributed by atoms with van der Waals surface area (Å²) in [4.78, 5) is 19.7. The molecule has 9 heteroatoms. The molecule has 2 aromatic carbocycles. The van der Waals surface area contributed by atoms with Gasteiger partial charge in [-0.15, -0.1) is 11.3 Å². The highest BCUT2D eigenvalue weighted by Gasteiger charge is 2.31. The van der Waals surface area contributed by atoms with Crippen LogP contribution in [0.4, 0.5) is 5.69 Å². The number of carbonyl (C=O) groups is 1. The topological polar surface area (TPSA) is 70.6 Å². The van der Waals surface area contributed by atoms with Gasteiger partial charge in [-0.1, -0.05) is 30.2 Å². The Hall–Kier alpha value is -2.26. The van der Waals surface area contributed by atoms with Crippen LogP contribution < -0.4 is 4.90 Å². The summed E-state index contributed by atoms with van der Waals surface area (Å²) in [5.41, 5.74) is 2.88. The number of sulfonamides is 1. The highest BCUT2D eigenvalue weighted by Crippen LogP contribution is 2.34. The van der Waals surface area contributed by atoms with Gasteiger partial charge >= 0.3 is 0 Å². The predicted molar refractivity (Wildman–Crippen MR) is 127 cm³/mol. The zero-order valence-corrected chi connectivity index (χ0v) is 19.7. The highest BCUT2D eigenvalue weighted by atomic mass is 35.5. The van der Waals surface area contributed by atoms with E-state index in [2.05, 4.69) is 4.98 Å². The third kappa shape index (κ3) is 3.96. The van der Waals surface area contributed by atoms with Gasteiger partial charge in [0.25, 0.3) is 5.91 Å². The standard InChI is InChI=1S/C23H22ClN3O3S2/c24-18-6-4-5-17(13-18)22-25-20(15-31-22)23(28)27-12-9-16-14-19(7-8-21(16)27)32(29,30)26-10-2-1-3-11-26/h4-8,13-15H,1-3,9-12H2. The Labute approximate surface area is 196 Å². The van der Waals surface area contributed by atoms with Gasteiger partial charge in [-0.2, -0.15) is 4.31 Å². The number of anilines is 1. The van der Waals surface area contributed by atoms with Crippen LogP contribution in [-0.2, 0) is 16.4 Å². The van der Waals surface area contributed by atoms with E-state index < -0.39 is 10.0 Å². The van der Waals surface area contributed by atoms with Crippen molar-refractivity contribution in [2.45, 2.75) is 30.6 Å². The van der Waals surface area contributed by atoms with E-state index in [0.29, 0.717) is 41.7 Å². The summed E-state index contributed by atoms with van der Waals surface area (Å²) in [6.45, 7) is 1.65. The van der Waals surface area contributed by atoms with Crippen molar-refractivity contribution in [2.24, 2.45) is 0 Å². The van der Waals surface area contributed by atoms with Gasteiger partial charge in [-0.05, 0) is 55.2 Å². The lowest BCUT2D eigenvalue weighted by molar-refractivity contribution is 0.0985. The van der Waals surface area contributed by atoms with E-state index >= 15 is 0 Å². The maximum absolute atomic E-state index is 13.2. The van der Waals surface area contributed by atoms with Crippen molar-refractivity contribution in [1.82, 2.24) is 9.29 Å². The Balaban J connectivity index is 1.38. The lowest BCUT2D eigenvalue weighted by Crippen LogP contribution is -2.35. The van der Waals surface area contributed by atoms with Crippen LogP contribution in [0.1, 0.15) is 35.3 Å². The smallest absolute Gasteiger partial charge is 0.277 e. The summed E-state index contributed by atoms with van der Waals surface area (Å²) in [7, 11) is -3.50. The van der Waals surface area contributed by atoms with Crippen molar-refractivity contribution in [3.63, 3.8) is 0 Å². The number of thiazole rings is 1. The predicted octanol–water partition coefficient (Wildman–Crippen LogP) is 4.84. The highest BCUT2D eigenvalue weighted by molar-refractivity contribution is 7.89. The quantitative estimate of drug-likeness (QED) is 0.528. The van der Waals surface area contributed by atoms with Gasteiger partial charge < -0.3 is 4.90 Å². The summed E-state index contributed by atoms with van der Waals surface area (Å²) in [5, 5.41) is 3.11. The molecule has 0 saturated carbocycles. The van der Waals surface area contributed by atoms with E-state index in [1.165, 1.54) is 11.3 Å². The summed E-state index contributed by atoms with van der Waals surface area (Å²) >= 11 is 7.47. The van der Waals surface area contributed by atoms with Crippen molar-refractivity contribution in [3.05, 3.63) is 64.1 Å². The second-order valence-corrected chi connectivity index (χ2v) is 11.2. The largest absolute Gasteiger partial charge is 0.306 e. The van der Waals surface area contributed by atoms with E-state index in [1.807, 2.05) is 18.2 Å². The zero-order valence-electron chi connectivity index (χ0n) is 17.3. The Morgan fingerprint density at radius 2 is 1.84 bits per heavy atom. The molecule has 3 heterocycles. The van der Waals surface area contributed by atoms with Crippen LogP contribution in [0.2, 0.25) is 5.02 Å². The van der Waals surface area contributed by atoms with Crippen molar-refractivity contribution in [3.8, 4) is 10.6 Å². The molecule has 6 nitrogen and oxygen atoms in total. The first-order valence-corrected chi connectivity index (χ1v) is 13.3. The number of rotatable bonds is 4. The van der Waals surface area contributed by atoms with Crippen LogP contribution in [0.5, 0.6) is 0 Å². The van der Waals surface area contributed by atoms with Crippen LogP contribution in [0, 0.1) is 0 Å². The molecule has 32 heavy (non-hydrogen) atoms. The molecule has 0 N–H and O–H groups in total. The first-order valence-electron chi connectivity index (χ1n) is 10.6. The lowest BCUT2D eigenvalue weighted by atomic mass is 10.2. The van der Waals surface area contributed by atoms with Crippen LogP contribution in [0.15, 0.2) is 52.7 Å². The molecule has 3 aromatic rings. The third-order valence-electron chi connectivity index (χ3n) is 5.94. The van der Waals surface area contributed by atoms with Crippen LogP contribution >= 0.6 is 22.9 Å². The number of hydrogen-bond donors (Lipinski definition) is 0. The third-order valence-corrected chi connectivity index (χ3v) is 8.96. The molecule has 0 atom stereocenters. The summed E-state index contributed by atoms with van der Waals surface area (Å²) in [6, 6.07) is 12.5.